The van der Waals surface area contributed by atoms with Gasteiger partial charge in [-0.3, -0.25) is 14.0 Å². The van der Waals surface area contributed by atoms with Crippen LogP contribution in [0.2, 0.25) is 0 Å². The Morgan fingerprint density at radius 1 is 1.08 bits per heavy atom. The maximum atomic E-state index is 12.2. The van der Waals surface area contributed by atoms with Crippen LogP contribution in [0.3, 0.4) is 0 Å². The van der Waals surface area contributed by atoms with Gasteiger partial charge in [-0.05, 0) is 26.0 Å². The van der Waals surface area contributed by atoms with Gasteiger partial charge in [-0.2, -0.15) is 0 Å². The second-order valence-corrected chi connectivity index (χ2v) is 6.07. The number of hydrogen-bond donors (Lipinski definition) is 1. The highest BCUT2D eigenvalue weighted by Crippen LogP contribution is 2.13. The summed E-state index contributed by atoms with van der Waals surface area (Å²) in [7, 11) is 0. The molecule has 25 heavy (non-hydrogen) atoms. The van der Waals surface area contributed by atoms with Crippen molar-refractivity contribution in [3.05, 3.63) is 65.6 Å². The molecule has 1 aromatic carbocycles. The third kappa shape index (κ3) is 3.91. The molecule has 0 saturated carbocycles. The molecule has 1 amide bonds. The van der Waals surface area contributed by atoms with Gasteiger partial charge in [0.15, 0.2) is 17.3 Å². The van der Waals surface area contributed by atoms with E-state index in [0.29, 0.717) is 11.4 Å². The zero-order valence-electron chi connectivity index (χ0n) is 14.3. The monoisotopic (exact) mass is 336 g/mol. The Morgan fingerprint density at radius 3 is 2.60 bits per heavy atom. The van der Waals surface area contributed by atoms with Crippen LogP contribution >= 0.6 is 0 Å². The molecule has 0 aliphatic heterocycles. The van der Waals surface area contributed by atoms with E-state index in [2.05, 4.69) is 15.5 Å². The first kappa shape index (κ1) is 16.8. The highest BCUT2D eigenvalue weighted by Gasteiger charge is 2.16. The van der Waals surface area contributed by atoms with Crippen LogP contribution in [0, 0.1) is 6.92 Å². The van der Waals surface area contributed by atoms with Crippen molar-refractivity contribution < 1.29 is 9.59 Å². The number of ketones is 1. The molecule has 0 radical (unpaired) electrons. The van der Waals surface area contributed by atoms with Gasteiger partial charge in [0, 0.05) is 24.6 Å². The van der Waals surface area contributed by atoms with Crippen molar-refractivity contribution in [3.8, 4) is 0 Å². The van der Waals surface area contributed by atoms with Gasteiger partial charge in [0.25, 0.3) is 0 Å². The standard InChI is InChI=1S/C19H20N4O2/c1-13-6-8-15(9-7-13)16(24)10-11-18(25)20-14(2)19-22-21-17-5-3-4-12-23(17)19/h3-9,12,14H,10-11H2,1-2H3,(H,20,25)/t14-/m0/s1. The SMILES string of the molecule is Cc1ccc(C(=O)CCC(=O)N[C@@H](C)c2nnc3ccccn23)cc1. The first-order valence-corrected chi connectivity index (χ1v) is 8.23. The molecule has 6 heteroatoms. The summed E-state index contributed by atoms with van der Waals surface area (Å²) in [6.45, 7) is 3.82. The summed E-state index contributed by atoms with van der Waals surface area (Å²) in [5, 5.41) is 11.1. The summed E-state index contributed by atoms with van der Waals surface area (Å²) < 4.78 is 1.84. The fourth-order valence-electron chi connectivity index (χ4n) is 2.64. The highest BCUT2D eigenvalue weighted by molar-refractivity contribution is 5.98. The van der Waals surface area contributed by atoms with Crippen LogP contribution in [0.1, 0.15) is 47.6 Å². The minimum atomic E-state index is -0.292. The summed E-state index contributed by atoms with van der Waals surface area (Å²) in [6, 6.07) is 12.7. The number of aryl methyl sites for hydroxylation is 1. The summed E-state index contributed by atoms with van der Waals surface area (Å²) in [4.78, 5) is 24.3. The fourth-order valence-corrected chi connectivity index (χ4v) is 2.64. The van der Waals surface area contributed by atoms with E-state index in [1.165, 1.54) is 0 Å². The maximum Gasteiger partial charge on any atom is 0.221 e. The molecule has 3 rings (SSSR count). The van der Waals surface area contributed by atoms with Crippen LogP contribution in [0.15, 0.2) is 48.7 Å². The van der Waals surface area contributed by atoms with Crippen LogP contribution in [0.5, 0.6) is 0 Å². The molecule has 2 heterocycles. The lowest BCUT2D eigenvalue weighted by Crippen LogP contribution is -2.28. The number of carbonyl (C=O) groups is 2. The third-order valence-electron chi connectivity index (χ3n) is 4.06. The molecule has 6 nitrogen and oxygen atoms in total. The van der Waals surface area contributed by atoms with Gasteiger partial charge < -0.3 is 5.32 Å². The van der Waals surface area contributed by atoms with Gasteiger partial charge in [-0.1, -0.05) is 35.9 Å². The van der Waals surface area contributed by atoms with E-state index in [0.717, 1.165) is 11.2 Å². The van der Waals surface area contributed by atoms with Crippen molar-refractivity contribution >= 4 is 17.3 Å². The number of nitrogens with one attached hydrogen (secondary N) is 1. The minimum absolute atomic E-state index is 0.0317. The van der Waals surface area contributed by atoms with Gasteiger partial charge >= 0.3 is 0 Å². The van der Waals surface area contributed by atoms with Crippen molar-refractivity contribution in [2.45, 2.75) is 32.7 Å². The molecule has 0 saturated heterocycles. The number of pyridine rings is 1. The van der Waals surface area contributed by atoms with Crippen LogP contribution in [-0.2, 0) is 4.79 Å². The summed E-state index contributed by atoms with van der Waals surface area (Å²) in [5.74, 6) is 0.449. The molecule has 0 fully saturated rings. The maximum absolute atomic E-state index is 12.2. The number of benzene rings is 1. The normalized spacial score (nSPS) is 12.1. The third-order valence-corrected chi connectivity index (χ3v) is 4.06. The molecule has 128 valence electrons. The van der Waals surface area contributed by atoms with Crippen molar-refractivity contribution in [1.82, 2.24) is 19.9 Å². The molecule has 0 aliphatic rings. The lowest BCUT2D eigenvalue weighted by molar-refractivity contribution is -0.121. The van der Waals surface area contributed by atoms with E-state index < -0.39 is 0 Å². The van der Waals surface area contributed by atoms with Crippen LogP contribution in [0.25, 0.3) is 5.65 Å². The Labute approximate surface area is 145 Å². The number of hydrogen-bond acceptors (Lipinski definition) is 4. The van der Waals surface area contributed by atoms with Gasteiger partial charge in [0.1, 0.15) is 0 Å². The zero-order valence-corrected chi connectivity index (χ0v) is 14.3. The predicted molar refractivity (Wildman–Crippen MR) is 94.3 cm³/mol. The van der Waals surface area contributed by atoms with Gasteiger partial charge in [-0.25, -0.2) is 0 Å². The summed E-state index contributed by atoms with van der Waals surface area (Å²) >= 11 is 0. The molecule has 1 atom stereocenters. The van der Waals surface area contributed by atoms with Gasteiger partial charge in [0.05, 0.1) is 6.04 Å². The fraction of sp³-hybridized carbons (Fsp3) is 0.263. The van der Waals surface area contributed by atoms with Gasteiger partial charge in [0.2, 0.25) is 5.91 Å². The Hall–Kier alpha value is -3.02. The molecular weight excluding hydrogens is 316 g/mol. The van der Waals surface area contributed by atoms with Crippen LogP contribution in [-0.4, -0.2) is 26.3 Å². The summed E-state index contributed by atoms with van der Waals surface area (Å²) in [5.41, 5.74) is 2.46. The molecule has 3 aromatic rings. The van der Waals surface area contributed by atoms with E-state index >= 15 is 0 Å². The molecule has 0 unspecified atom stereocenters. The van der Waals surface area contributed by atoms with E-state index in [9.17, 15) is 9.59 Å². The van der Waals surface area contributed by atoms with Crippen molar-refractivity contribution in [2.75, 3.05) is 0 Å². The molecule has 0 bridgehead atoms. The number of Topliss-reactive ketones (excluding diaryl/α,β-unsaturated/α-hetero) is 1. The molecule has 2 aromatic heterocycles. The van der Waals surface area contributed by atoms with Crippen LogP contribution in [0.4, 0.5) is 0 Å². The smallest absolute Gasteiger partial charge is 0.221 e. The quantitative estimate of drug-likeness (QED) is 0.702. The first-order chi connectivity index (χ1) is 12.0. The minimum Gasteiger partial charge on any atom is -0.346 e. The Bertz CT molecular complexity index is 899. The first-order valence-electron chi connectivity index (χ1n) is 8.23. The van der Waals surface area contributed by atoms with E-state index in [1.54, 1.807) is 12.1 Å². The van der Waals surface area contributed by atoms with Gasteiger partial charge in [-0.15, -0.1) is 10.2 Å². The molecular formula is C19H20N4O2. The van der Waals surface area contributed by atoms with E-state index in [-0.39, 0.29) is 30.6 Å². The number of fused-ring (bicyclic) bond motifs is 1. The van der Waals surface area contributed by atoms with E-state index in [1.807, 2.05) is 54.8 Å². The lowest BCUT2D eigenvalue weighted by Gasteiger charge is -2.12. The molecule has 0 aliphatic carbocycles. The number of rotatable bonds is 6. The predicted octanol–water partition coefficient (Wildman–Crippen LogP) is 2.88. The Balaban J connectivity index is 1.57. The molecule has 1 N–H and O–H groups in total. The zero-order chi connectivity index (χ0) is 17.8. The number of carbonyl (C=O) groups excluding carboxylic acids is 2. The second-order valence-electron chi connectivity index (χ2n) is 6.07. The van der Waals surface area contributed by atoms with Crippen LogP contribution < -0.4 is 5.32 Å². The topological polar surface area (TPSA) is 76.4 Å². The summed E-state index contributed by atoms with van der Waals surface area (Å²) in [6.07, 6.45) is 2.18. The molecule has 0 spiro atoms. The van der Waals surface area contributed by atoms with Crippen molar-refractivity contribution in [2.24, 2.45) is 0 Å². The number of aromatic nitrogens is 3. The van der Waals surface area contributed by atoms with Crippen molar-refractivity contribution in [1.29, 1.82) is 0 Å². The van der Waals surface area contributed by atoms with E-state index in [4.69, 9.17) is 0 Å². The number of amides is 1. The second kappa shape index (κ2) is 7.25. The van der Waals surface area contributed by atoms with Crippen molar-refractivity contribution in [3.63, 3.8) is 0 Å². The lowest BCUT2D eigenvalue weighted by atomic mass is 10.0. The average molecular weight is 336 g/mol. The Kier molecular flexibility index (Phi) is 4.88. The Morgan fingerprint density at radius 2 is 1.84 bits per heavy atom. The largest absolute Gasteiger partial charge is 0.346 e. The average Bonchev–Trinajstić information content (AvgIpc) is 3.04. The number of nitrogens with zero attached hydrogens (tertiary/aromatic N) is 3. The highest BCUT2D eigenvalue weighted by atomic mass is 16.2.